The molecule has 2 N–H and O–H groups in total. The van der Waals surface area contributed by atoms with Crippen molar-refractivity contribution in [3.63, 3.8) is 0 Å². The van der Waals surface area contributed by atoms with Crippen LogP contribution in [0.25, 0.3) is 0 Å². The summed E-state index contributed by atoms with van der Waals surface area (Å²) in [5.41, 5.74) is 1.05. The molecule has 0 radical (unpaired) electrons. The molecule has 0 saturated heterocycles. The third-order valence-electron chi connectivity index (χ3n) is 4.76. The Hall–Kier alpha value is -1.46. The monoisotopic (exact) mass is 432 g/mol. The second-order valence-electron chi connectivity index (χ2n) is 6.11. The van der Waals surface area contributed by atoms with Crippen LogP contribution in [0.4, 0.5) is 0 Å². The first-order valence-electron chi connectivity index (χ1n) is 7.58. The predicted octanol–water partition coefficient (Wildman–Crippen LogP) is 5.58. The lowest BCUT2D eigenvalue weighted by Crippen LogP contribution is -2.51. The number of carboxylic acids is 2. The maximum Gasteiger partial charge on any atom is 0.308 e. The van der Waals surface area contributed by atoms with Gasteiger partial charge in [0.25, 0.3) is 0 Å². The van der Waals surface area contributed by atoms with E-state index in [9.17, 15) is 19.8 Å². The van der Waals surface area contributed by atoms with E-state index in [0.717, 1.165) is 0 Å². The van der Waals surface area contributed by atoms with E-state index < -0.39 is 35.6 Å². The minimum absolute atomic E-state index is 0.285. The van der Waals surface area contributed by atoms with Crippen molar-refractivity contribution in [2.45, 2.75) is 11.8 Å². The molecule has 4 unspecified atom stereocenters. The molecule has 0 aromatic heterocycles. The highest BCUT2D eigenvalue weighted by Crippen LogP contribution is 2.60. The van der Waals surface area contributed by atoms with Gasteiger partial charge in [0.15, 0.2) is 0 Å². The third kappa shape index (κ3) is 3.27. The molecule has 136 valence electrons. The van der Waals surface area contributed by atoms with Crippen LogP contribution in [0.15, 0.2) is 36.4 Å². The van der Waals surface area contributed by atoms with Gasteiger partial charge in [-0.1, -0.05) is 58.5 Å². The van der Waals surface area contributed by atoms with Crippen LogP contribution in [-0.4, -0.2) is 22.2 Å². The molecule has 1 aliphatic rings. The van der Waals surface area contributed by atoms with E-state index >= 15 is 0 Å². The molecule has 0 bridgehead atoms. The molecule has 2 aromatic rings. The Labute approximate surface area is 169 Å². The lowest BCUT2D eigenvalue weighted by Gasteiger charge is -2.48. The molecule has 0 spiro atoms. The molecule has 1 saturated carbocycles. The summed E-state index contributed by atoms with van der Waals surface area (Å²) < 4.78 is 0. The molecule has 2 aromatic carbocycles. The first-order chi connectivity index (χ1) is 12.2. The molecule has 0 aliphatic heterocycles. The Balaban J connectivity index is 2.16. The first-order valence-corrected chi connectivity index (χ1v) is 9.09. The van der Waals surface area contributed by atoms with Gasteiger partial charge in [0, 0.05) is 31.9 Å². The minimum Gasteiger partial charge on any atom is -0.481 e. The van der Waals surface area contributed by atoms with Crippen molar-refractivity contribution in [1.82, 2.24) is 0 Å². The number of carbonyl (C=O) groups is 2. The summed E-state index contributed by atoms with van der Waals surface area (Å²) in [6, 6.07) is 9.45. The van der Waals surface area contributed by atoms with E-state index in [-0.39, 0.29) is 10.0 Å². The first kappa shape index (κ1) is 19.3. The van der Waals surface area contributed by atoms with Crippen molar-refractivity contribution in [3.05, 3.63) is 67.6 Å². The van der Waals surface area contributed by atoms with Gasteiger partial charge in [0.1, 0.15) is 0 Å². The van der Waals surface area contributed by atoms with Crippen LogP contribution in [0.3, 0.4) is 0 Å². The van der Waals surface area contributed by atoms with E-state index in [4.69, 9.17) is 46.4 Å². The predicted molar refractivity (Wildman–Crippen MR) is 101 cm³/mol. The van der Waals surface area contributed by atoms with Crippen LogP contribution in [0.2, 0.25) is 20.1 Å². The second-order valence-corrected chi connectivity index (χ2v) is 7.80. The van der Waals surface area contributed by atoms with Gasteiger partial charge < -0.3 is 10.2 Å². The van der Waals surface area contributed by atoms with Gasteiger partial charge in [0.05, 0.1) is 11.8 Å². The van der Waals surface area contributed by atoms with Crippen molar-refractivity contribution >= 4 is 58.3 Å². The van der Waals surface area contributed by atoms with Gasteiger partial charge in [-0.25, -0.2) is 0 Å². The highest BCUT2D eigenvalue weighted by atomic mass is 35.5. The summed E-state index contributed by atoms with van der Waals surface area (Å²) in [7, 11) is 0. The minimum atomic E-state index is -1.20. The number of aliphatic carboxylic acids is 2. The molecule has 8 heteroatoms. The normalized spacial score (nSPS) is 24.8. The van der Waals surface area contributed by atoms with Gasteiger partial charge in [-0.2, -0.15) is 0 Å². The van der Waals surface area contributed by atoms with Crippen LogP contribution < -0.4 is 0 Å². The van der Waals surface area contributed by atoms with Crippen LogP contribution in [0.5, 0.6) is 0 Å². The van der Waals surface area contributed by atoms with Crippen LogP contribution in [0.1, 0.15) is 23.0 Å². The smallest absolute Gasteiger partial charge is 0.308 e. The van der Waals surface area contributed by atoms with Crippen molar-refractivity contribution in [2.24, 2.45) is 11.8 Å². The van der Waals surface area contributed by atoms with Crippen LogP contribution >= 0.6 is 46.4 Å². The van der Waals surface area contributed by atoms with E-state index in [1.807, 2.05) is 0 Å². The number of carboxylic acid groups (broad SMARTS) is 2. The van der Waals surface area contributed by atoms with Crippen molar-refractivity contribution in [3.8, 4) is 0 Å². The topological polar surface area (TPSA) is 74.6 Å². The fourth-order valence-electron chi connectivity index (χ4n) is 3.68. The zero-order chi connectivity index (χ0) is 19.2. The zero-order valence-electron chi connectivity index (χ0n) is 13.0. The molecule has 1 fully saturated rings. The number of halogens is 4. The number of benzene rings is 2. The molecule has 3 rings (SSSR count). The second kappa shape index (κ2) is 7.28. The maximum absolute atomic E-state index is 11.8. The molecule has 26 heavy (non-hydrogen) atoms. The molecule has 0 amide bonds. The summed E-state index contributed by atoms with van der Waals surface area (Å²) in [6.07, 6.45) is 0. The Morgan fingerprint density at radius 2 is 1.04 bits per heavy atom. The van der Waals surface area contributed by atoms with Crippen molar-refractivity contribution in [1.29, 1.82) is 0 Å². The largest absolute Gasteiger partial charge is 0.481 e. The third-order valence-corrected chi connectivity index (χ3v) is 5.89. The summed E-state index contributed by atoms with van der Waals surface area (Å²) in [4.78, 5) is 23.6. The molecule has 0 heterocycles. The van der Waals surface area contributed by atoms with Gasteiger partial charge in [-0.15, -0.1) is 0 Å². The fourth-order valence-corrected chi connectivity index (χ4v) is 4.75. The average molecular weight is 434 g/mol. The Morgan fingerprint density at radius 3 is 1.31 bits per heavy atom. The van der Waals surface area contributed by atoms with E-state index in [1.165, 1.54) is 12.1 Å². The van der Waals surface area contributed by atoms with Gasteiger partial charge in [-0.3, -0.25) is 9.59 Å². The standard InChI is InChI=1S/C18H12Cl4O4/c19-7-1-3-9(11(21)5-7)13-14(10-4-2-8(20)6-12(10)22)16(18(25)26)15(13)17(23)24/h1-6,13-16H,(H,23,24)(H,25,26). The van der Waals surface area contributed by atoms with E-state index in [0.29, 0.717) is 21.2 Å². The van der Waals surface area contributed by atoms with Crippen molar-refractivity contribution in [2.75, 3.05) is 0 Å². The van der Waals surface area contributed by atoms with E-state index in [1.54, 1.807) is 24.3 Å². The highest BCUT2D eigenvalue weighted by Gasteiger charge is 2.59. The van der Waals surface area contributed by atoms with Gasteiger partial charge in [-0.05, 0) is 35.4 Å². The quantitative estimate of drug-likeness (QED) is 0.659. The summed E-state index contributed by atoms with van der Waals surface area (Å²) in [5.74, 6) is -5.98. The van der Waals surface area contributed by atoms with Crippen molar-refractivity contribution < 1.29 is 19.8 Å². The SMILES string of the molecule is O=C(O)C1C(C(=O)O)C(c2ccc(Cl)cc2Cl)C1c1ccc(Cl)cc1Cl. The molecular formula is C18H12Cl4O4. The summed E-state index contributed by atoms with van der Waals surface area (Å²) >= 11 is 24.4. The number of hydrogen-bond donors (Lipinski definition) is 2. The Morgan fingerprint density at radius 1 is 0.692 bits per heavy atom. The summed E-state index contributed by atoms with van der Waals surface area (Å²) in [6.45, 7) is 0. The maximum atomic E-state index is 11.8. The van der Waals surface area contributed by atoms with E-state index in [2.05, 4.69) is 0 Å². The molecule has 4 atom stereocenters. The highest BCUT2D eigenvalue weighted by molar-refractivity contribution is 6.35. The summed E-state index contributed by atoms with van der Waals surface area (Å²) in [5, 5.41) is 20.6. The Bertz CT molecular complexity index is 825. The molecular weight excluding hydrogens is 422 g/mol. The zero-order valence-corrected chi connectivity index (χ0v) is 16.0. The van der Waals surface area contributed by atoms with Gasteiger partial charge in [0.2, 0.25) is 0 Å². The molecule has 1 aliphatic carbocycles. The fraction of sp³-hybridized carbons (Fsp3) is 0.222. The van der Waals surface area contributed by atoms with Crippen LogP contribution in [-0.2, 0) is 9.59 Å². The lowest BCUT2D eigenvalue weighted by atomic mass is 9.52. The molecule has 4 nitrogen and oxygen atoms in total. The number of rotatable bonds is 4. The Kier molecular flexibility index (Phi) is 5.40. The van der Waals surface area contributed by atoms with Gasteiger partial charge >= 0.3 is 11.9 Å². The average Bonchev–Trinajstić information content (AvgIpc) is 2.50. The number of hydrogen-bond acceptors (Lipinski definition) is 2. The lowest BCUT2D eigenvalue weighted by molar-refractivity contribution is -0.164. The van der Waals surface area contributed by atoms with Crippen LogP contribution in [0, 0.1) is 11.8 Å².